The van der Waals surface area contributed by atoms with Crippen molar-refractivity contribution in [3.63, 3.8) is 0 Å². The standard InChI is InChI=1S/C12H17NO5S/c1-12(2)17-10(9-7-5-4-6-8-9)11(18-12)13-19(14,15)16-3/h4-8,10-11,13H,1-3H3. The van der Waals surface area contributed by atoms with E-state index in [0.29, 0.717) is 0 Å². The molecule has 1 heterocycles. The van der Waals surface area contributed by atoms with Gasteiger partial charge in [0.05, 0.1) is 7.11 Å². The lowest BCUT2D eigenvalue weighted by atomic mass is 10.1. The van der Waals surface area contributed by atoms with Crippen LogP contribution in [-0.2, 0) is 24.0 Å². The van der Waals surface area contributed by atoms with Gasteiger partial charge in [-0.15, -0.1) is 0 Å². The Bertz CT molecular complexity index is 528. The van der Waals surface area contributed by atoms with E-state index >= 15 is 0 Å². The number of benzene rings is 1. The van der Waals surface area contributed by atoms with Crippen molar-refractivity contribution in [3.05, 3.63) is 35.9 Å². The van der Waals surface area contributed by atoms with E-state index in [1.54, 1.807) is 13.8 Å². The van der Waals surface area contributed by atoms with Crippen LogP contribution < -0.4 is 4.72 Å². The summed E-state index contributed by atoms with van der Waals surface area (Å²) in [4.78, 5) is 0. The van der Waals surface area contributed by atoms with Crippen LogP contribution in [0.25, 0.3) is 0 Å². The van der Waals surface area contributed by atoms with E-state index in [4.69, 9.17) is 9.47 Å². The molecule has 1 N–H and O–H groups in total. The Kier molecular flexibility index (Phi) is 3.93. The molecule has 0 amide bonds. The van der Waals surface area contributed by atoms with Gasteiger partial charge in [-0.05, 0) is 19.4 Å². The molecule has 2 atom stereocenters. The lowest BCUT2D eigenvalue weighted by molar-refractivity contribution is -0.147. The van der Waals surface area contributed by atoms with E-state index in [1.165, 1.54) is 0 Å². The Balaban J connectivity index is 2.25. The molecule has 2 unspecified atom stereocenters. The lowest BCUT2D eigenvalue weighted by Crippen LogP contribution is -2.39. The third-order valence-electron chi connectivity index (χ3n) is 2.70. The fraction of sp³-hybridized carbons (Fsp3) is 0.500. The van der Waals surface area contributed by atoms with Gasteiger partial charge in [0.25, 0.3) is 0 Å². The number of nitrogens with one attached hydrogen (secondary N) is 1. The van der Waals surface area contributed by atoms with Gasteiger partial charge in [0.1, 0.15) is 6.10 Å². The van der Waals surface area contributed by atoms with Crippen LogP contribution in [-0.4, -0.2) is 27.5 Å². The minimum Gasteiger partial charge on any atom is -0.338 e. The number of rotatable bonds is 4. The summed E-state index contributed by atoms with van der Waals surface area (Å²) in [6, 6.07) is 9.28. The molecule has 19 heavy (non-hydrogen) atoms. The SMILES string of the molecule is COS(=O)(=O)NC1OC(C)(C)OC1c1ccccc1. The summed E-state index contributed by atoms with van der Waals surface area (Å²) in [6.45, 7) is 3.45. The fourth-order valence-electron chi connectivity index (χ4n) is 1.92. The fourth-order valence-corrected chi connectivity index (χ4v) is 2.48. The highest BCUT2D eigenvalue weighted by Gasteiger charge is 2.43. The molecule has 106 valence electrons. The first kappa shape index (κ1) is 14.4. The summed E-state index contributed by atoms with van der Waals surface area (Å²) >= 11 is 0. The zero-order chi connectivity index (χ0) is 14.1. The summed E-state index contributed by atoms with van der Waals surface area (Å²) < 4.78 is 40.9. The smallest absolute Gasteiger partial charge is 0.337 e. The molecule has 6 nitrogen and oxygen atoms in total. The minimum absolute atomic E-state index is 0.527. The molecule has 1 fully saturated rings. The molecule has 1 saturated heterocycles. The lowest BCUT2D eigenvalue weighted by Gasteiger charge is -2.17. The topological polar surface area (TPSA) is 73.9 Å². The second kappa shape index (κ2) is 5.18. The molecule has 0 spiro atoms. The summed E-state index contributed by atoms with van der Waals surface area (Å²) in [5, 5.41) is 0. The first-order valence-electron chi connectivity index (χ1n) is 5.81. The molecule has 1 aliphatic heterocycles. The van der Waals surface area contributed by atoms with Crippen LogP contribution in [0.1, 0.15) is 25.5 Å². The van der Waals surface area contributed by atoms with Crippen molar-refractivity contribution < 1.29 is 22.1 Å². The van der Waals surface area contributed by atoms with Crippen LogP contribution in [0.4, 0.5) is 0 Å². The quantitative estimate of drug-likeness (QED) is 0.904. The Labute approximate surface area is 112 Å². The number of hydrogen-bond acceptors (Lipinski definition) is 5. The van der Waals surface area contributed by atoms with E-state index in [9.17, 15) is 8.42 Å². The van der Waals surface area contributed by atoms with Crippen molar-refractivity contribution in [1.82, 2.24) is 4.72 Å². The molecule has 2 rings (SSSR count). The van der Waals surface area contributed by atoms with Crippen LogP contribution in [0.15, 0.2) is 30.3 Å². The summed E-state index contributed by atoms with van der Waals surface area (Å²) in [5.41, 5.74) is 0.830. The van der Waals surface area contributed by atoms with Crippen molar-refractivity contribution in [2.45, 2.75) is 32.0 Å². The van der Waals surface area contributed by atoms with Gasteiger partial charge >= 0.3 is 10.3 Å². The van der Waals surface area contributed by atoms with Crippen LogP contribution in [0.2, 0.25) is 0 Å². The maximum absolute atomic E-state index is 11.5. The Morgan fingerprint density at radius 1 is 1.21 bits per heavy atom. The van der Waals surface area contributed by atoms with E-state index in [-0.39, 0.29) is 0 Å². The summed E-state index contributed by atoms with van der Waals surface area (Å²) in [6.07, 6.45) is -1.36. The molecular weight excluding hydrogens is 270 g/mol. The molecule has 1 aromatic carbocycles. The Morgan fingerprint density at radius 2 is 1.84 bits per heavy atom. The summed E-state index contributed by atoms with van der Waals surface area (Å²) in [7, 11) is -2.76. The minimum atomic E-state index is -3.85. The molecule has 0 radical (unpaired) electrons. The van der Waals surface area contributed by atoms with Gasteiger partial charge in [-0.1, -0.05) is 30.3 Å². The van der Waals surface area contributed by atoms with Gasteiger partial charge in [0, 0.05) is 0 Å². The zero-order valence-electron chi connectivity index (χ0n) is 11.0. The monoisotopic (exact) mass is 287 g/mol. The highest BCUT2D eigenvalue weighted by Crippen LogP contribution is 2.37. The van der Waals surface area contributed by atoms with Gasteiger partial charge in [-0.2, -0.15) is 13.1 Å². The van der Waals surface area contributed by atoms with Crippen LogP contribution in [0.3, 0.4) is 0 Å². The largest absolute Gasteiger partial charge is 0.338 e. The zero-order valence-corrected chi connectivity index (χ0v) is 11.8. The van der Waals surface area contributed by atoms with Gasteiger partial charge in [-0.25, -0.2) is 0 Å². The van der Waals surface area contributed by atoms with Crippen molar-refractivity contribution in [3.8, 4) is 0 Å². The highest BCUT2D eigenvalue weighted by atomic mass is 32.2. The normalized spacial score (nSPS) is 26.5. The van der Waals surface area contributed by atoms with Crippen molar-refractivity contribution >= 4 is 10.3 Å². The number of hydrogen-bond donors (Lipinski definition) is 1. The second-order valence-electron chi connectivity index (χ2n) is 4.63. The molecule has 1 aliphatic rings. The maximum Gasteiger partial charge on any atom is 0.337 e. The average molecular weight is 287 g/mol. The van der Waals surface area contributed by atoms with Crippen LogP contribution in [0, 0.1) is 0 Å². The highest BCUT2D eigenvalue weighted by molar-refractivity contribution is 7.84. The molecule has 0 saturated carbocycles. The van der Waals surface area contributed by atoms with Crippen LogP contribution in [0.5, 0.6) is 0 Å². The first-order valence-corrected chi connectivity index (χ1v) is 7.22. The van der Waals surface area contributed by atoms with E-state index in [2.05, 4.69) is 8.91 Å². The first-order chi connectivity index (χ1) is 8.83. The van der Waals surface area contributed by atoms with Crippen molar-refractivity contribution in [1.29, 1.82) is 0 Å². The van der Waals surface area contributed by atoms with Gasteiger partial charge < -0.3 is 9.47 Å². The van der Waals surface area contributed by atoms with Crippen LogP contribution >= 0.6 is 0 Å². The summed E-state index contributed by atoms with van der Waals surface area (Å²) in [5.74, 6) is -0.874. The van der Waals surface area contributed by atoms with Gasteiger partial charge in [0.15, 0.2) is 12.0 Å². The third kappa shape index (κ3) is 3.52. The molecule has 1 aromatic rings. The van der Waals surface area contributed by atoms with E-state index < -0.39 is 28.4 Å². The molecule has 0 bridgehead atoms. The van der Waals surface area contributed by atoms with E-state index in [0.717, 1.165) is 12.7 Å². The predicted molar refractivity (Wildman–Crippen MR) is 68.3 cm³/mol. The molecular formula is C12H17NO5S. The second-order valence-corrected chi connectivity index (χ2v) is 6.10. The Morgan fingerprint density at radius 3 is 2.42 bits per heavy atom. The Hall–Kier alpha value is -0.990. The van der Waals surface area contributed by atoms with Gasteiger partial charge in [0.2, 0.25) is 0 Å². The maximum atomic E-state index is 11.5. The average Bonchev–Trinajstić information content (AvgIpc) is 2.65. The van der Waals surface area contributed by atoms with Crippen molar-refractivity contribution in [2.75, 3.05) is 7.11 Å². The third-order valence-corrected chi connectivity index (χ3v) is 3.66. The molecule has 7 heteroatoms. The van der Waals surface area contributed by atoms with Gasteiger partial charge in [-0.3, -0.25) is 4.18 Å². The van der Waals surface area contributed by atoms with E-state index in [1.807, 2.05) is 30.3 Å². The molecule has 0 aromatic heterocycles. The van der Waals surface area contributed by atoms with Crippen molar-refractivity contribution in [2.24, 2.45) is 0 Å². The predicted octanol–water partition coefficient (Wildman–Crippen LogP) is 1.32. The number of ether oxygens (including phenoxy) is 2. The molecule has 0 aliphatic carbocycles.